The summed E-state index contributed by atoms with van der Waals surface area (Å²) in [7, 11) is -13.3. The number of hydrogen-bond acceptors (Lipinski definition) is 26. The molecule has 3 unspecified atom stereocenters. The normalized spacial score (nSPS) is 17.6. The standard InChI is InChI=1S/C19H21F3N6O2S.2C18H20F2N6O3S.C18H20F2N6O2S/c1-31(29,30)24-9-12-3-2-6-27(11-12)18-8-13(7-16(20)25-18)15-10-23-17-5-4-14(19(21)22)26-28(15)17;1-30(27,28)23-9-13-11-25(6-7-29-13)17-8-12(4-5-21-17)15-10-22-16-3-2-14(18(19)20)24-26(15)16;1-30(27,28)24-29-13-3-2-8-25(11-13)17-9-12(6-7-21-17)15-10-22-16-5-4-14(18(19)20)23-26(15)16;1-29(27,28)23-9-12-5-7-25(11-12)17-8-13(4-6-21-17)15-10-22-16-3-2-14(18(19)20)24-26(15)16/h4-5,7-8,10,12,19,24H,2-3,6,9,11H2,1H3;2-5,8,10,13,18,23H,6-7,9,11H2,1H3;4-7,9-10,13,18,24H,2-3,8,11H2,1H3;2-4,6,8,10,12,18,23H,5,7,9,11H2,1H3/t;13-;;/m.1../s1. The van der Waals surface area contributed by atoms with E-state index in [-0.39, 0.29) is 47.7 Å². The second-order valence-electron chi connectivity index (χ2n) is 28.7. The van der Waals surface area contributed by atoms with Gasteiger partial charge in [0.2, 0.25) is 46.0 Å². The SMILES string of the molecule is CS(=O)(=O)NCC1CCCN(c2cc(-c3cnc4ccc(C(F)F)nn34)cc(F)n2)C1.CS(=O)(=O)NCC1CCN(c2cc(-c3cnc4ccc(C(F)F)nn34)ccn2)C1.CS(=O)(=O)NC[C@@H]1CN(c2cc(-c3cnc4ccc(C(F)F)nn34)ccn2)CCO1.CS(=O)(=O)NOC1CCCN(c2cc(-c3cnc4ccc(C(F)F)nn34)ccn2)C1. The van der Waals surface area contributed by atoms with Crippen molar-refractivity contribution in [3.63, 3.8) is 0 Å². The Hall–Kier alpha value is -10.8. The Labute approximate surface area is 681 Å². The number of morpholine rings is 1. The molecule has 0 bridgehead atoms. The average Bonchev–Trinajstić information content (AvgIpc) is 1.73. The number of halogens is 9. The minimum atomic E-state index is -3.45. The van der Waals surface area contributed by atoms with Crippen molar-refractivity contribution in [3.8, 4) is 45.0 Å². The molecule has 16 rings (SSSR count). The number of alkyl halides is 8. The Morgan fingerprint density at radius 1 is 0.408 bits per heavy atom. The van der Waals surface area contributed by atoms with Gasteiger partial charge < -0.3 is 24.3 Å². The van der Waals surface area contributed by atoms with Crippen LogP contribution < -0.4 is 38.7 Å². The molecule has 0 radical (unpaired) electrons. The third-order valence-corrected chi connectivity index (χ3v) is 21.9. The van der Waals surface area contributed by atoms with Gasteiger partial charge in [-0.3, -0.25) is 4.84 Å². The van der Waals surface area contributed by atoms with Crippen LogP contribution in [0.25, 0.3) is 67.6 Å². The zero-order valence-electron chi connectivity index (χ0n) is 64.5. The summed E-state index contributed by atoms with van der Waals surface area (Å²) in [5.41, 5.74) is 5.13. The second-order valence-corrected chi connectivity index (χ2v) is 35.9. The molecule has 47 heteroatoms. The van der Waals surface area contributed by atoms with Crippen molar-refractivity contribution in [2.45, 2.75) is 70.0 Å². The van der Waals surface area contributed by atoms with E-state index in [2.05, 4.69) is 84.2 Å². The topological polar surface area (TPSA) is 388 Å². The van der Waals surface area contributed by atoms with Gasteiger partial charge >= 0.3 is 0 Å². The number of aromatic nitrogens is 16. The highest BCUT2D eigenvalue weighted by Crippen LogP contribution is 2.34. The Bertz CT molecular complexity index is 5920. The van der Waals surface area contributed by atoms with E-state index >= 15 is 0 Å². The molecule has 4 N–H and O–H groups in total. The minimum absolute atomic E-state index is 0.0584. The first-order chi connectivity index (χ1) is 57.1. The van der Waals surface area contributed by atoms with E-state index in [9.17, 15) is 73.2 Å². The van der Waals surface area contributed by atoms with Crippen LogP contribution in [0.2, 0.25) is 0 Å². The summed E-state index contributed by atoms with van der Waals surface area (Å²) in [5, 5.41) is 15.9. The van der Waals surface area contributed by atoms with Crippen LogP contribution in [0.4, 0.5) is 62.8 Å². The lowest BCUT2D eigenvalue weighted by Gasteiger charge is -2.33. The van der Waals surface area contributed by atoms with Gasteiger partial charge in [-0.2, -0.15) is 24.8 Å². The number of piperidine rings is 2. The number of ether oxygens (including phenoxy) is 1. The minimum Gasteiger partial charge on any atom is -0.373 e. The van der Waals surface area contributed by atoms with Crippen molar-refractivity contribution in [2.24, 2.45) is 11.8 Å². The first kappa shape index (κ1) is 87.0. The van der Waals surface area contributed by atoms with E-state index in [0.29, 0.717) is 134 Å². The monoisotopic (exact) mass is 1750 g/mol. The van der Waals surface area contributed by atoms with Crippen molar-refractivity contribution < 1.29 is 82.8 Å². The van der Waals surface area contributed by atoms with Crippen molar-refractivity contribution in [3.05, 3.63) is 169 Å². The molecule has 12 aromatic rings. The van der Waals surface area contributed by atoms with E-state index in [1.807, 2.05) is 32.9 Å². The summed E-state index contributed by atoms with van der Waals surface area (Å²) in [4.78, 5) is 49.4. The molecule has 0 saturated carbocycles. The number of sulfonamides is 4. The lowest BCUT2D eigenvalue weighted by atomic mass is 9.98. The molecule has 640 valence electrons. The number of nitrogens with zero attached hydrogens (tertiary/aromatic N) is 20. The van der Waals surface area contributed by atoms with Crippen LogP contribution in [-0.4, -0.2) is 228 Å². The van der Waals surface area contributed by atoms with Gasteiger partial charge in [-0.05, 0) is 135 Å². The maximum atomic E-state index is 14.4. The molecule has 0 aromatic carbocycles. The number of fused-ring (bicyclic) bond motifs is 4. The van der Waals surface area contributed by atoms with E-state index in [1.54, 1.807) is 61.4 Å². The summed E-state index contributed by atoms with van der Waals surface area (Å²) >= 11 is 0. The van der Waals surface area contributed by atoms with Gasteiger partial charge in [-0.25, -0.2) is 141 Å². The highest BCUT2D eigenvalue weighted by molar-refractivity contribution is 7.89. The first-order valence-electron chi connectivity index (χ1n) is 37.3. The van der Waals surface area contributed by atoms with E-state index in [1.165, 1.54) is 78.9 Å². The summed E-state index contributed by atoms with van der Waals surface area (Å²) < 4.78 is 228. The quantitative estimate of drug-likeness (QED) is 0.0250. The van der Waals surface area contributed by atoms with Gasteiger partial charge in [0, 0.05) is 119 Å². The molecule has 0 spiro atoms. The molecule has 0 aliphatic carbocycles. The van der Waals surface area contributed by atoms with E-state index in [0.717, 1.165) is 86.3 Å². The fraction of sp³-hybridized carbons (Fsp3) is 0.397. The molecule has 0 amide bonds. The molecule has 4 saturated heterocycles. The van der Waals surface area contributed by atoms with Crippen LogP contribution in [-0.2, 0) is 49.7 Å². The Kier molecular flexibility index (Phi) is 27.2. The van der Waals surface area contributed by atoms with Crippen molar-refractivity contribution in [1.82, 2.24) is 97.4 Å². The third-order valence-electron chi connectivity index (χ3n) is 19.5. The molecular formula is C73H81F9N24O10S4. The van der Waals surface area contributed by atoms with Gasteiger partial charge in [-0.1, -0.05) is 4.89 Å². The maximum absolute atomic E-state index is 14.4. The van der Waals surface area contributed by atoms with E-state index < -0.39 is 77.4 Å². The zero-order valence-corrected chi connectivity index (χ0v) is 67.7. The van der Waals surface area contributed by atoms with Crippen LogP contribution in [0.15, 0.2) is 140 Å². The van der Waals surface area contributed by atoms with Crippen LogP contribution >= 0.6 is 0 Å². The Balaban J connectivity index is 0.000000138. The van der Waals surface area contributed by atoms with Gasteiger partial charge in [-0.15, -0.1) is 0 Å². The molecule has 4 fully saturated rings. The number of imidazole rings is 4. The van der Waals surface area contributed by atoms with Crippen molar-refractivity contribution in [2.75, 3.05) is 123 Å². The summed E-state index contributed by atoms with van der Waals surface area (Å²) in [6.07, 6.45) is 8.12. The summed E-state index contributed by atoms with van der Waals surface area (Å²) in [6, 6.07) is 24.6. The van der Waals surface area contributed by atoms with Gasteiger partial charge in [0.25, 0.3) is 25.7 Å². The fourth-order valence-electron chi connectivity index (χ4n) is 13.7. The molecule has 4 atom stereocenters. The maximum Gasteiger partial charge on any atom is 0.282 e. The highest BCUT2D eigenvalue weighted by Gasteiger charge is 2.30. The van der Waals surface area contributed by atoms with Crippen LogP contribution in [0.5, 0.6) is 0 Å². The van der Waals surface area contributed by atoms with Crippen LogP contribution in [0, 0.1) is 17.8 Å². The van der Waals surface area contributed by atoms with Gasteiger partial charge in [0.05, 0.1) is 91.4 Å². The first-order valence-corrected chi connectivity index (χ1v) is 44.8. The van der Waals surface area contributed by atoms with Crippen LogP contribution in [0.3, 0.4) is 0 Å². The largest absolute Gasteiger partial charge is 0.373 e. The predicted octanol–water partition coefficient (Wildman–Crippen LogP) is 8.40. The number of nitrogens with one attached hydrogen (secondary N) is 4. The zero-order chi connectivity index (χ0) is 85.4. The molecule has 4 aliphatic rings. The second kappa shape index (κ2) is 37.5. The predicted molar refractivity (Wildman–Crippen MR) is 425 cm³/mol. The highest BCUT2D eigenvalue weighted by atomic mass is 32.2. The number of hydrogen-bond donors (Lipinski definition) is 4. The molecule has 4 aliphatic heterocycles. The molecule has 34 nitrogen and oxygen atoms in total. The number of rotatable bonds is 24. The summed E-state index contributed by atoms with van der Waals surface area (Å²) in [5.74, 6) is 2.00. The number of anilines is 4. The Morgan fingerprint density at radius 2 is 0.775 bits per heavy atom. The lowest BCUT2D eigenvalue weighted by Crippen LogP contribution is -2.47. The van der Waals surface area contributed by atoms with Gasteiger partial charge in [0.15, 0.2) is 22.6 Å². The molecule has 16 heterocycles. The average molecular weight is 1750 g/mol. The van der Waals surface area contributed by atoms with Gasteiger partial charge in [0.1, 0.15) is 46.0 Å². The fourth-order valence-corrected chi connectivity index (χ4v) is 15.6. The lowest BCUT2D eigenvalue weighted by molar-refractivity contribution is 0.00999. The molecule has 12 aromatic heterocycles. The molecular weight excluding hydrogens is 1670 g/mol. The van der Waals surface area contributed by atoms with Crippen molar-refractivity contribution >= 4 is 86.0 Å². The number of pyridine rings is 4. The summed E-state index contributed by atoms with van der Waals surface area (Å²) in [6.45, 7) is 6.12. The van der Waals surface area contributed by atoms with Crippen molar-refractivity contribution in [1.29, 1.82) is 0 Å². The molecule has 120 heavy (non-hydrogen) atoms. The smallest absolute Gasteiger partial charge is 0.282 e. The Morgan fingerprint density at radius 3 is 1.18 bits per heavy atom. The van der Waals surface area contributed by atoms with E-state index in [4.69, 9.17) is 9.57 Å². The third kappa shape index (κ3) is 22.8. The van der Waals surface area contributed by atoms with Crippen LogP contribution in [0.1, 0.15) is 80.6 Å².